The first kappa shape index (κ1) is 19.1. The number of piperazine rings is 1. The quantitative estimate of drug-likeness (QED) is 0.621. The van der Waals surface area contributed by atoms with Crippen molar-refractivity contribution in [1.29, 1.82) is 0 Å². The number of aromatic nitrogens is 1. The average Bonchev–Trinajstić information content (AvgIpc) is 2.69. The summed E-state index contributed by atoms with van der Waals surface area (Å²) in [5.74, 6) is 1.47. The molecule has 2 aromatic rings. The van der Waals surface area contributed by atoms with Crippen molar-refractivity contribution in [3.63, 3.8) is 0 Å². The van der Waals surface area contributed by atoms with Crippen LogP contribution in [0.2, 0.25) is 0 Å². The predicted octanol–water partition coefficient (Wildman–Crippen LogP) is 1.84. The number of aliphatic imine (C=N–C) groups is 1. The molecule has 27 heavy (non-hydrogen) atoms. The number of pyridine rings is 1. The molecule has 2 heterocycles. The normalized spacial score (nSPS) is 15.7. The average molecular weight is 370 g/mol. The molecule has 1 fully saturated rings. The molecule has 0 bridgehead atoms. The summed E-state index contributed by atoms with van der Waals surface area (Å²) in [5, 5.41) is 6.51. The standard InChI is InChI=1S/C20H27FN6/c1-22-20(24-14-16-4-3-5-18(21)12-16)25-15-17-6-7-23-19(13-17)27-10-8-26(2)9-11-27/h3-7,12-13H,8-11,14-15H2,1-2H3,(H2,22,24,25). The molecule has 6 nitrogen and oxygen atoms in total. The molecule has 0 unspecified atom stereocenters. The van der Waals surface area contributed by atoms with Gasteiger partial charge in [0.25, 0.3) is 0 Å². The Kier molecular flexibility index (Phi) is 6.59. The number of anilines is 1. The third-order valence-electron chi connectivity index (χ3n) is 4.67. The summed E-state index contributed by atoms with van der Waals surface area (Å²) in [6.07, 6.45) is 1.85. The molecule has 1 aliphatic heterocycles. The second kappa shape index (κ2) is 9.32. The number of benzene rings is 1. The van der Waals surface area contributed by atoms with E-state index in [9.17, 15) is 4.39 Å². The Balaban J connectivity index is 1.53. The highest BCUT2D eigenvalue weighted by atomic mass is 19.1. The summed E-state index contributed by atoms with van der Waals surface area (Å²) < 4.78 is 13.3. The van der Waals surface area contributed by atoms with Crippen LogP contribution in [0.4, 0.5) is 10.2 Å². The summed E-state index contributed by atoms with van der Waals surface area (Å²) in [4.78, 5) is 13.4. The van der Waals surface area contributed by atoms with Gasteiger partial charge >= 0.3 is 0 Å². The molecule has 2 N–H and O–H groups in total. The monoisotopic (exact) mass is 370 g/mol. The molecule has 7 heteroatoms. The largest absolute Gasteiger partial charge is 0.354 e. The lowest BCUT2D eigenvalue weighted by atomic mass is 10.2. The van der Waals surface area contributed by atoms with Gasteiger partial charge in [-0.3, -0.25) is 4.99 Å². The number of guanidine groups is 1. The predicted molar refractivity (Wildman–Crippen MR) is 107 cm³/mol. The van der Waals surface area contributed by atoms with Crippen LogP contribution < -0.4 is 15.5 Å². The Labute approximate surface area is 160 Å². The van der Waals surface area contributed by atoms with E-state index in [4.69, 9.17) is 0 Å². The highest BCUT2D eigenvalue weighted by Gasteiger charge is 2.15. The lowest BCUT2D eigenvalue weighted by Crippen LogP contribution is -2.44. The van der Waals surface area contributed by atoms with Crippen LogP contribution in [0.15, 0.2) is 47.6 Å². The van der Waals surface area contributed by atoms with Crippen molar-refractivity contribution in [2.24, 2.45) is 4.99 Å². The second-order valence-electron chi connectivity index (χ2n) is 6.72. The van der Waals surface area contributed by atoms with E-state index in [1.807, 2.05) is 18.3 Å². The van der Waals surface area contributed by atoms with E-state index in [0.29, 0.717) is 19.0 Å². The Hall–Kier alpha value is -2.67. The summed E-state index contributed by atoms with van der Waals surface area (Å²) in [6, 6.07) is 10.7. The molecule has 1 aromatic heterocycles. The summed E-state index contributed by atoms with van der Waals surface area (Å²) in [6.45, 7) is 5.27. The molecule has 1 saturated heterocycles. The third kappa shape index (κ3) is 5.65. The van der Waals surface area contributed by atoms with E-state index in [0.717, 1.165) is 43.1 Å². The van der Waals surface area contributed by atoms with Gasteiger partial charge in [-0.2, -0.15) is 0 Å². The van der Waals surface area contributed by atoms with Crippen LogP contribution in [-0.4, -0.2) is 56.1 Å². The zero-order chi connectivity index (χ0) is 19.1. The fourth-order valence-corrected chi connectivity index (χ4v) is 3.02. The fourth-order valence-electron chi connectivity index (χ4n) is 3.02. The van der Waals surface area contributed by atoms with Crippen molar-refractivity contribution in [3.8, 4) is 0 Å². The molecular weight excluding hydrogens is 343 g/mol. The van der Waals surface area contributed by atoms with Gasteiger partial charge in [-0.1, -0.05) is 12.1 Å². The summed E-state index contributed by atoms with van der Waals surface area (Å²) >= 11 is 0. The first-order valence-electron chi connectivity index (χ1n) is 9.21. The lowest BCUT2D eigenvalue weighted by molar-refractivity contribution is 0.312. The number of nitrogens with one attached hydrogen (secondary N) is 2. The second-order valence-corrected chi connectivity index (χ2v) is 6.72. The Morgan fingerprint density at radius 2 is 1.78 bits per heavy atom. The van der Waals surface area contributed by atoms with Gasteiger partial charge in [0.2, 0.25) is 0 Å². The molecule has 0 aliphatic carbocycles. The minimum Gasteiger partial charge on any atom is -0.354 e. The fraction of sp³-hybridized carbons (Fsp3) is 0.400. The Morgan fingerprint density at radius 1 is 1.07 bits per heavy atom. The molecule has 1 aromatic carbocycles. The highest BCUT2D eigenvalue weighted by molar-refractivity contribution is 5.79. The zero-order valence-electron chi connectivity index (χ0n) is 16.0. The third-order valence-corrected chi connectivity index (χ3v) is 4.67. The van der Waals surface area contributed by atoms with Crippen LogP contribution in [0, 0.1) is 5.82 Å². The maximum absolute atomic E-state index is 13.3. The van der Waals surface area contributed by atoms with Gasteiger partial charge in [0.05, 0.1) is 0 Å². The van der Waals surface area contributed by atoms with Gasteiger partial charge < -0.3 is 20.4 Å². The van der Waals surface area contributed by atoms with Gasteiger partial charge in [-0.25, -0.2) is 9.37 Å². The van der Waals surface area contributed by atoms with Gasteiger partial charge in [0.15, 0.2) is 5.96 Å². The van der Waals surface area contributed by atoms with Gasteiger partial charge in [-0.05, 0) is 42.4 Å². The van der Waals surface area contributed by atoms with Crippen molar-refractivity contribution in [2.75, 3.05) is 45.2 Å². The van der Waals surface area contributed by atoms with E-state index in [2.05, 4.69) is 43.5 Å². The minimum absolute atomic E-state index is 0.231. The molecule has 144 valence electrons. The minimum atomic E-state index is -0.231. The molecule has 1 aliphatic rings. The maximum Gasteiger partial charge on any atom is 0.191 e. The van der Waals surface area contributed by atoms with E-state index >= 15 is 0 Å². The molecule has 0 saturated carbocycles. The Morgan fingerprint density at radius 3 is 2.44 bits per heavy atom. The zero-order valence-corrected chi connectivity index (χ0v) is 16.0. The van der Waals surface area contributed by atoms with E-state index < -0.39 is 0 Å². The molecule has 0 spiro atoms. The Bertz CT molecular complexity index is 771. The van der Waals surface area contributed by atoms with Gasteiger partial charge in [-0.15, -0.1) is 0 Å². The van der Waals surface area contributed by atoms with Crippen molar-refractivity contribution >= 4 is 11.8 Å². The first-order valence-corrected chi connectivity index (χ1v) is 9.21. The van der Waals surface area contributed by atoms with Crippen molar-refractivity contribution in [2.45, 2.75) is 13.1 Å². The maximum atomic E-state index is 13.3. The molecule has 0 atom stereocenters. The van der Waals surface area contributed by atoms with Crippen LogP contribution in [0.5, 0.6) is 0 Å². The topological polar surface area (TPSA) is 55.8 Å². The van der Waals surface area contributed by atoms with Gasteiger partial charge in [0.1, 0.15) is 11.6 Å². The summed E-state index contributed by atoms with van der Waals surface area (Å²) in [7, 11) is 3.87. The molecule has 0 radical (unpaired) electrons. The van der Waals surface area contributed by atoms with Crippen molar-refractivity contribution < 1.29 is 4.39 Å². The SMILES string of the molecule is CN=C(NCc1cccc(F)c1)NCc1ccnc(N2CCN(C)CC2)c1. The summed E-state index contributed by atoms with van der Waals surface area (Å²) in [5.41, 5.74) is 2.02. The lowest BCUT2D eigenvalue weighted by Gasteiger charge is -2.33. The van der Waals surface area contributed by atoms with Crippen LogP contribution in [0.25, 0.3) is 0 Å². The number of nitrogens with zero attached hydrogens (tertiary/aromatic N) is 4. The van der Waals surface area contributed by atoms with E-state index in [1.54, 1.807) is 13.1 Å². The van der Waals surface area contributed by atoms with Crippen LogP contribution in [0.3, 0.4) is 0 Å². The van der Waals surface area contributed by atoms with E-state index in [1.165, 1.54) is 12.1 Å². The first-order chi connectivity index (χ1) is 13.1. The highest BCUT2D eigenvalue weighted by Crippen LogP contribution is 2.14. The molecule has 3 rings (SSSR count). The number of hydrogen-bond acceptors (Lipinski definition) is 4. The van der Waals surface area contributed by atoms with Crippen molar-refractivity contribution in [1.82, 2.24) is 20.5 Å². The number of hydrogen-bond donors (Lipinski definition) is 2. The molecular formula is C20H27FN6. The van der Waals surface area contributed by atoms with E-state index in [-0.39, 0.29) is 5.82 Å². The van der Waals surface area contributed by atoms with Crippen LogP contribution >= 0.6 is 0 Å². The molecule has 0 amide bonds. The smallest absolute Gasteiger partial charge is 0.191 e. The van der Waals surface area contributed by atoms with Crippen LogP contribution in [0.1, 0.15) is 11.1 Å². The van der Waals surface area contributed by atoms with Crippen LogP contribution in [-0.2, 0) is 13.1 Å². The number of likely N-dealkylation sites (N-methyl/N-ethyl adjacent to an activating group) is 1. The van der Waals surface area contributed by atoms with Crippen molar-refractivity contribution in [3.05, 3.63) is 59.5 Å². The number of halogens is 1. The number of rotatable bonds is 5. The van der Waals surface area contributed by atoms with Gasteiger partial charge in [0, 0.05) is 52.5 Å².